The van der Waals surface area contributed by atoms with Crippen molar-refractivity contribution < 1.29 is 13.2 Å². The van der Waals surface area contributed by atoms with Gasteiger partial charge in [0.15, 0.2) is 5.96 Å². The number of rotatable bonds is 6. The Morgan fingerprint density at radius 1 is 1.24 bits per heavy atom. The third-order valence-electron chi connectivity index (χ3n) is 3.95. The van der Waals surface area contributed by atoms with E-state index >= 15 is 0 Å². The molecule has 140 valence electrons. The minimum atomic E-state index is -4.17. The summed E-state index contributed by atoms with van der Waals surface area (Å²) in [6.07, 6.45) is 0.328. The third-order valence-corrected chi connectivity index (χ3v) is 3.95. The molecule has 0 bridgehead atoms. The van der Waals surface area contributed by atoms with Crippen molar-refractivity contribution in [1.82, 2.24) is 15.6 Å². The molecule has 0 aliphatic carbocycles. The van der Waals surface area contributed by atoms with Gasteiger partial charge in [-0.15, -0.1) is 0 Å². The molecule has 0 saturated carbocycles. The summed E-state index contributed by atoms with van der Waals surface area (Å²) in [4.78, 5) is 11.1. The van der Waals surface area contributed by atoms with Crippen LogP contribution in [0.15, 0.2) is 23.3 Å². The Hall–Kier alpha value is -1.99. The van der Waals surface area contributed by atoms with Gasteiger partial charge in [-0.2, -0.15) is 13.2 Å². The van der Waals surface area contributed by atoms with Crippen LogP contribution in [0.3, 0.4) is 0 Å². The Kier molecular flexibility index (Phi) is 7.33. The van der Waals surface area contributed by atoms with Gasteiger partial charge in [0.25, 0.3) is 0 Å². The number of guanidine groups is 1. The maximum absolute atomic E-state index is 12.3. The van der Waals surface area contributed by atoms with E-state index in [9.17, 15) is 13.2 Å². The zero-order valence-corrected chi connectivity index (χ0v) is 14.6. The molecule has 1 aliphatic rings. The van der Waals surface area contributed by atoms with Crippen LogP contribution in [-0.2, 0) is 6.54 Å². The molecule has 0 amide bonds. The van der Waals surface area contributed by atoms with E-state index in [1.807, 2.05) is 19.1 Å². The fraction of sp³-hybridized carbons (Fsp3) is 0.647. The smallest absolute Gasteiger partial charge is 0.357 e. The van der Waals surface area contributed by atoms with Gasteiger partial charge < -0.3 is 15.5 Å². The molecule has 25 heavy (non-hydrogen) atoms. The number of nitrogens with one attached hydrogen (secondary N) is 2. The van der Waals surface area contributed by atoms with E-state index < -0.39 is 12.6 Å². The third kappa shape index (κ3) is 7.19. The molecular weight excluding hydrogens is 331 g/mol. The Morgan fingerprint density at radius 2 is 2.00 bits per heavy atom. The number of alkyl halides is 3. The lowest BCUT2D eigenvalue weighted by molar-refractivity contribution is -0.132. The minimum Gasteiger partial charge on any atom is -0.357 e. The molecule has 0 spiro atoms. The van der Waals surface area contributed by atoms with Crippen molar-refractivity contribution in [3.63, 3.8) is 0 Å². The Morgan fingerprint density at radius 3 is 2.68 bits per heavy atom. The van der Waals surface area contributed by atoms with Crippen LogP contribution < -0.4 is 15.5 Å². The highest BCUT2D eigenvalue weighted by Gasteiger charge is 2.26. The van der Waals surface area contributed by atoms with Crippen LogP contribution in [0.4, 0.5) is 19.0 Å². The molecular formula is C17H26F3N5. The van der Waals surface area contributed by atoms with Gasteiger partial charge in [0, 0.05) is 32.4 Å². The lowest BCUT2D eigenvalue weighted by Gasteiger charge is -2.27. The maximum atomic E-state index is 12.3. The Labute approximate surface area is 146 Å². The predicted molar refractivity (Wildman–Crippen MR) is 93.8 cm³/mol. The van der Waals surface area contributed by atoms with E-state index in [4.69, 9.17) is 0 Å². The molecule has 2 N–H and O–H groups in total. The molecule has 1 saturated heterocycles. The Balaban J connectivity index is 1.94. The van der Waals surface area contributed by atoms with Crippen molar-refractivity contribution >= 4 is 11.8 Å². The molecule has 8 heteroatoms. The summed E-state index contributed by atoms with van der Waals surface area (Å²) in [5.74, 6) is 1.34. The molecule has 1 aliphatic heterocycles. The summed E-state index contributed by atoms with van der Waals surface area (Å²) in [5.41, 5.74) is 0.989. The number of halogens is 3. The second-order valence-corrected chi connectivity index (χ2v) is 6.06. The first kappa shape index (κ1) is 19.3. The first-order valence-electron chi connectivity index (χ1n) is 8.77. The van der Waals surface area contributed by atoms with E-state index in [-0.39, 0.29) is 6.54 Å². The van der Waals surface area contributed by atoms with Gasteiger partial charge in [0.05, 0.1) is 13.0 Å². The number of nitrogens with zero attached hydrogens (tertiary/aromatic N) is 3. The largest absolute Gasteiger partial charge is 0.390 e. The average Bonchev–Trinajstić information content (AvgIpc) is 2.60. The molecule has 2 heterocycles. The molecule has 2 rings (SSSR count). The molecule has 5 nitrogen and oxygen atoms in total. The minimum absolute atomic E-state index is 0.190. The highest BCUT2D eigenvalue weighted by molar-refractivity contribution is 5.79. The van der Waals surface area contributed by atoms with E-state index in [1.54, 1.807) is 6.20 Å². The molecule has 0 aromatic carbocycles. The van der Waals surface area contributed by atoms with Gasteiger partial charge in [0.2, 0.25) is 0 Å². The van der Waals surface area contributed by atoms with Crippen molar-refractivity contribution in [2.24, 2.45) is 4.99 Å². The fourth-order valence-corrected chi connectivity index (χ4v) is 2.69. The first-order valence-corrected chi connectivity index (χ1v) is 8.77. The summed E-state index contributed by atoms with van der Waals surface area (Å²) in [5, 5.41) is 5.68. The number of anilines is 1. The van der Waals surface area contributed by atoms with Gasteiger partial charge in [-0.3, -0.25) is 0 Å². The van der Waals surface area contributed by atoms with Crippen LogP contribution in [-0.4, -0.2) is 43.3 Å². The molecule has 1 aromatic rings. The van der Waals surface area contributed by atoms with Crippen LogP contribution in [0.2, 0.25) is 0 Å². The standard InChI is InChI=1S/C17H26F3N5/c1-2-21-16(23-9-7-17(18,19)20)24-13-14-6-8-22-15(12-14)25-10-4-3-5-11-25/h6,8,12H,2-5,7,9-11,13H2,1H3,(H2,21,23,24). The van der Waals surface area contributed by atoms with E-state index in [0.29, 0.717) is 19.0 Å². The summed E-state index contributed by atoms with van der Waals surface area (Å²) >= 11 is 0. The van der Waals surface area contributed by atoms with E-state index in [2.05, 4.69) is 25.5 Å². The van der Waals surface area contributed by atoms with Crippen molar-refractivity contribution in [1.29, 1.82) is 0 Å². The molecule has 0 radical (unpaired) electrons. The van der Waals surface area contributed by atoms with Crippen molar-refractivity contribution in [2.75, 3.05) is 31.1 Å². The zero-order valence-electron chi connectivity index (χ0n) is 14.6. The summed E-state index contributed by atoms with van der Waals surface area (Å²) < 4.78 is 36.8. The lowest BCUT2D eigenvalue weighted by atomic mass is 10.1. The first-order chi connectivity index (χ1) is 12.0. The van der Waals surface area contributed by atoms with Gasteiger partial charge in [0.1, 0.15) is 5.82 Å². The number of aromatic nitrogens is 1. The summed E-state index contributed by atoms with van der Waals surface area (Å²) in [7, 11) is 0. The van der Waals surface area contributed by atoms with Crippen LogP contribution in [0, 0.1) is 0 Å². The van der Waals surface area contributed by atoms with Gasteiger partial charge in [-0.25, -0.2) is 9.98 Å². The SMILES string of the molecule is CCNC(=NCc1ccnc(N2CCCCC2)c1)NCCC(F)(F)F. The van der Waals surface area contributed by atoms with Crippen molar-refractivity contribution in [3.8, 4) is 0 Å². The maximum Gasteiger partial charge on any atom is 0.390 e. The number of pyridine rings is 1. The monoisotopic (exact) mass is 357 g/mol. The lowest BCUT2D eigenvalue weighted by Crippen LogP contribution is -2.38. The number of hydrogen-bond donors (Lipinski definition) is 2. The highest BCUT2D eigenvalue weighted by atomic mass is 19.4. The van der Waals surface area contributed by atoms with Crippen molar-refractivity contribution in [2.45, 2.75) is 45.3 Å². The number of piperidine rings is 1. The summed E-state index contributed by atoms with van der Waals surface area (Å²) in [6.45, 7) is 4.70. The van der Waals surface area contributed by atoms with Gasteiger partial charge in [-0.05, 0) is 43.9 Å². The zero-order chi connectivity index (χ0) is 18.1. The molecule has 1 fully saturated rings. The second kappa shape index (κ2) is 9.48. The van der Waals surface area contributed by atoms with Crippen LogP contribution >= 0.6 is 0 Å². The highest BCUT2D eigenvalue weighted by Crippen LogP contribution is 2.19. The quantitative estimate of drug-likeness (QED) is 0.607. The predicted octanol–water partition coefficient (Wildman–Crippen LogP) is 3.08. The molecule has 0 unspecified atom stereocenters. The van der Waals surface area contributed by atoms with Crippen LogP contribution in [0.25, 0.3) is 0 Å². The number of hydrogen-bond acceptors (Lipinski definition) is 3. The van der Waals surface area contributed by atoms with Gasteiger partial charge in [-0.1, -0.05) is 0 Å². The Bertz CT molecular complexity index is 553. The molecule has 1 aromatic heterocycles. The van der Waals surface area contributed by atoms with Gasteiger partial charge >= 0.3 is 6.18 Å². The topological polar surface area (TPSA) is 52.6 Å². The van der Waals surface area contributed by atoms with E-state index in [0.717, 1.165) is 24.5 Å². The normalized spacial score (nSPS) is 16.0. The van der Waals surface area contributed by atoms with Crippen LogP contribution in [0.5, 0.6) is 0 Å². The van der Waals surface area contributed by atoms with Crippen molar-refractivity contribution in [3.05, 3.63) is 23.9 Å². The molecule has 0 atom stereocenters. The van der Waals surface area contributed by atoms with E-state index in [1.165, 1.54) is 19.3 Å². The number of aliphatic imine (C=N–C) groups is 1. The average molecular weight is 357 g/mol. The second-order valence-electron chi connectivity index (χ2n) is 6.06. The fourth-order valence-electron chi connectivity index (χ4n) is 2.69. The summed E-state index contributed by atoms with van der Waals surface area (Å²) in [6, 6.07) is 3.89. The van der Waals surface area contributed by atoms with Crippen LogP contribution in [0.1, 0.15) is 38.2 Å².